The molecule has 1 aliphatic heterocycles. The molecule has 0 aliphatic carbocycles. The van der Waals surface area contributed by atoms with Gasteiger partial charge in [-0.1, -0.05) is 0 Å². The first-order valence-corrected chi connectivity index (χ1v) is 8.86. The molecule has 7 heteroatoms. The summed E-state index contributed by atoms with van der Waals surface area (Å²) in [5, 5.41) is 5.98. The minimum Gasteiger partial charge on any atom is -0.491 e. The van der Waals surface area contributed by atoms with E-state index in [1.54, 1.807) is 6.20 Å². The van der Waals surface area contributed by atoms with Crippen molar-refractivity contribution >= 4 is 17.4 Å². The molecule has 2 N–H and O–H groups in total. The smallest absolute Gasteiger partial charge is 0.271 e. The van der Waals surface area contributed by atoms with Crippen molar-refractivity contribution in [1.82, 2.24) is 15.3 Å². The van der Waals surface area contributed by atoms with Gasteiger partial charge in [0, 0.05) is 18.8 Å². The number of nitrogens with zero attached hydrogens (tertiary/aromatic N) is 2. The van der Waals surface area contributed by atoms with Gasteiger partial charge in [0.1, 0.15) is 17.3 Å². The van der Waals surface area contributed by atoms with E-state index in [9.17, 15) is 4.79 Å². The first-order valence-electron chi connectivity index (χ1n) is 8.86. The van der Waals surface area contributed by atoms with Gasteiger partial charge in [0.2, 0.25) is 0 Å². The van der Waals surface area contributed by atoms with Gasteiger partial charge in [-0.3, -0.25) is 4.79 Å². The molecule has 1 atom stereocenters. The molecule has 1 aliphatic rings. The molecule has 0 bridgehead atoms. The van der Waals surface area contributed by atoms with E-state index in [0.717, 1.165) is 30.9 Å². The van der Waals surface area contributed by atoms with Crippen LogP contribution in [0.1, 0.15) is 37.2 Å². The molecule has 0 radical (unpaired) electrons. The van der Waals surface area contributed by atoms with Crippen molar-refractivity contribution in [3.63, 3.8) is 0 Å². The largest absolute Gasteiger partial charge is 0.491 e. The number of ether oxygens (including phenoxy) is 2. The van der Waals surface area contributed by atoms with Crippen LogP contribution in [0.5, 0.6) is 5.75 Å². The molecule has 1 unspecified atom stereocenters. The van der Waals surface area contributed by atoms with Crippen molar-refractivity contribution in [3.8, 4) is 5.75 Å². The van der Waals surface area contributed by atoms with E-state index in [4.69, 9.17) is 9.47 Å². The van der Waals surface area contributed by atoms with Crippen LogP contribution in [0.2, 0.25) is 0 Å². The molecule has 138 valence electrons. The van der Waals surface area contributed by atoms with Gasteiger partial charge in [-0.15, -0.1) is 0 Å². The third-order valence-corrected chi connectivity index (χ3v) is 3.90. The number of hydrogen-bond donors (Lipinski definition) is 2. The number of nitrogens with one attached hydrogen (secondary N) is 2. The molecule has 1 aromatic heterocycles. The first-order chi connectivity index (χ1) is 12.6. The second kappa shape index (κ2) is 8.62. The lowest BCUT2D eigenvalue weighted by atomic mass is 10.2. The van der Waals surface area contributed by atoms with Gasteiger partial charge in [-0.2, -0.15) is 0 Å². The highest BCUT2D eigenvalue weighted by Crippen LogP contribution is 2.19. The van der Waals surface area contributed by atoms with Gasteiger partial charge >= 0.3 is 0 Å². The molecule has 2 aromatic rings. The van der Waals surface area contributed by atoms with Crippen LogP contribution >= 0.6 is 0 Å². The Kier molecular flexibility index (Phi) is 6.01. The zero-order valence-corrected chi connectivity index (χ0v) is 15.1. The molecule has 1 fully saturated rings. The van der Waals surface area contributed by atoms with Crippen LogP contribution in [0.15, 0.2) is 36.7 Å². The normalized spacial score (nSPS) is 16.5. The highest BCUT2D eigenvalue weighted by atomic mass is 16.5. The van der Waals surface area contributed by atoms with Crippen LogP contribution in [0.3, 0.4) is 0 Å². The van der Waals surface area contributed by atoms with E-state index in [-0.39, 0.29) is 23.8 Å². The minimum atomic E-state index is -0.241. The predicted molar refractivity (Wildman–Crippen MR) is 98.8 cm³/mol. The zero-order chi connectivity index (χ0) is 18.4. The maximum atomic E-state index is 12.1. The second-order valence-electron chi connectivity index (χ2n) is 6.45. The zero-order valence-electron chi connectivity index (χ0n) is 15.1. The van der Waals surface area contributed by atoms with Gasteiger partial charge in [0.05, 0.1) is 24.6 Å². The number of benzene rings is 1. The fourth-order valence-electron chi connectivity index (χ4n) is 2.65. The van der Waals surface area contributed by atoms with Crippen molar-refractivity contribution in [3.05, 3.63) is 42.4 Å². The van der Waals surface area contributed by atoms with Crippen molar-refractivity contribution in [2.24, 2.45) is 0 Å². The Labute approximate surface area is 153 Å². The number of rotatable bonds is 7. The van der Waals surface area contributed by atoms with E-state index in [2.05, 4.69) is 20.6 Å². The van der Waals surface area contributed by atoms with Gasteiger partial charge < -0.3 is 20.1 Å². The first kappa shape index (κ1) is 18.1. The molecule has 1 saturated heterocycles. The number of aromatic nitrogens is 2. The molecule has 0 saturated carbocycles. The monoisotopic (exact) mass is 356 g/mol. The molecule has 7 nitrogen and oxygen atoms in total. The van der Waals surface area contributed by atoms with Crippen LogP contribution < -0.4 is 15.4 Å². The Hall–Kier alpha value is -2.67. The highest BCUT2D eigenvalue weighted by Gasteiger charge is 2.17. The van der Waals surface area contributed by atoms with Gasteiger partial charge in [-0.25, -0.2) is 9.97 Å². The average Bonchev–Trinajstić information content (AvgIpc) is 3.15. The Morgan fingerprint density at radius 1 is 1.27 bits per heavy atom. The molecule has 26 heavy (non-hydrogen) atoms. The summed E-state index contributed by atoms with van der Waals surface area (Å²) < 4.78 is 11.1. The van der Waals surface area contributed by atoms with Crippen LogP contribution in [-0.2, 0) is 4.74 Å². The minimum absolute atomic E-state index is 0.107. The van der Waals surface area contributed by atoms with E-state index in [1.165, 1.54) is 6.20 Å². The van der Waals surface area contributed by atoms with Crippen LogP contribution in [0, 0.1) is 0 Å². The molecule has 1 amide bonds. The molecular formula is C19H24N4O3. The number of hydrogen-bond acceptors (Lipinski definition) is 6. The topological polar surface area (TPSA) is 85.4 Å². The average molecular weight is 356 g/mol. The quantitative estimate of drug-likeness (QED) is 0.793. The second-order valence-corrected chi connectivity index (χ2v) is 6.45. The van der Waals surface area contributed by atoms with Crippen LogP contribution in [-0.4, -0.2) is 41.2 Å². The summed E-state index contributed by atoms with van der Waals surface area (Å²) in [5.41, 5.74) is 1.15. The van der Waals surface area contributed by atoms with Gasteiger partial charge in [0.15, 0.2) is 0 Å². The van der Waals surface area contributed by atoms with E-state index in [0.29, 0.717) is 12.4 Å². The van der Waals surface area contributed by atoms with E-state index in [1.807, 2.05) is 38.1 Å². The Balaban J connectivity index is 1.52. The fraction of sp³-hybridized carbons (Fsp3) is 0.421. The van der Waals surface area contributed by atoms with Crippen molar-refractivity contribution in [2.45, 2.75) is 38.9 Å². The summed E-state index contributed by atoms with van der Waals surface area (Å²) in [4.78, 5) is 20.5. The maximum Gasteiger partial charge on any atom is 0.271 e. The lowest BCUT2D eigenvalue weighted by Gasteiger charge is -2.11. The Bertz CT molecular complexity index is 711. The van der Waals surface area contributed by atoms with Crippen molar-refractivity contribution in [2.75, 3.05) is 18.5 Å². The third kappa shape index (κ3) is 5.16. The molecule has 0 spiro atoms. The summed E-state index contributed by atoms with van der Waals surface area (Å²) in [6.45, 7) is 5.25. The van der Waals surface area contributed by atoms with Crippen molar-refractivity contribution < 1.29 is 14.3 Å². The van der Waals surface area contributed by atoms with Gasteiger partial charge in [-0.05, 0) is 51.0 Å². The third-order valence-electron chi connectivity index (χ3n) is 3.90. The summed E-state index contributed by atoms with van der Waals surface area (Å²) in [6.07, 6.45) is 5.28. The number of anilines is 2. The lowest BCUT2D eigenvalue weighted by Crippen LogP contribution is -2.32. The Morgan fingerprint density at radius 3 is 2.69 bits per heavy atom. The standard InChI is InChI=1S/C19H24N4O3/c1-13(2)26-15-7-5-14(6-8-15)23-18-12-20-17(11-21-18)19(24)22-10-16-4-3-9-25-16/h5-8,11-13,16H,3-4,9-10H2,1-2H3,(H,21,23)(H,22,24). The maximum absolute atomic E-state index is 12.1. The summed E-state index contributed by atoms with van der Waals surface area (Å²) >= 11 is 0. The molecule has 3 rings (SSSR count). The summed E-state index contributed by atoms with van der Waals surface area (Å²) in [6, 6.07) is 7.59. The highest BCUT2D eigenvalue weighted by molar-refractivity contribution is 5.92. The summed E-state index contributed by atoms with van der Waals surface area (Å²) in [5.74, 6) is 1.14. The molecule has 2 heterocycles. The Morgan fingerprint density at radius 2 is 2.08 bits per heavy atom. The number of amides is 1. The number of carbonyl (C=O) groups excluding carboxylic acids is 1. The molecule has 1 aromatic carbocycles. The predicted octanol–water partition coefficient (Wildman–Crippen LogP) is 2.92. The van der Waals surface area contributed by atoms with Crippen molar-refractivity contribution in [1.29, 1.82) is 0 Å². The van der Waals surface area contributed by atoms with E-state index < -0.39 is 0 Å². The molecular weight excluding hydrogens is 332 g/mol. The SMILES string of the molecule is CC(C)Oc1ccc(Nc2cnc(C(=O)NCC3CCCO3)cn2)cc1. The fourth-order valence-corrected chi connectivity index (χ4v) is 2.65. The van der Waals surface area contributed by atoms with Crippen LogP contribution in [0.4, 0.5) is 11.5 Å². The van der Waals surface area contributed by atoms with E-state index >= 15 is 0 Å². The summed E-state index contributed by atoms with van der Waals surface area (Å²) in [7, 11) is 0. The van der Waals surface area contributed by atoms with Gasteiger partial charge in [0.25, 0.3) is 5.91 Å². The number of carbonyl (C=O) groups is 1. The van der Waals surface area contributed by atoms with Crippen LogP contribution in [0.25, 0.3) is 0 Å². The lowest BCUT2D eigenvalue weighted by molar-refractivity contribution is 0.0853.